The number of hydrogen-bond donors (Lipinski definition) is 2. The molecule has 0 spiro atoms. The van der Waals surface area contributed by atoms with E-state index in [0.29, 0.717) is 29.7 Å². The van der Waals surface area contributed by atoms with Crippen LogP contribution in [0.25, 0.3) is 0 Å². The third-order valence-electron chi connectivity index (χ3n) is 9.83. The Labute approximate surface area is 319 Å². The van der Waals surface area contributed by atoms with Gasteiger partial charge in [-0.25, -0.2) is 0 Å². The van der Waals surface area contributed by atoms with Crippen LogP contribution in [0, 0.1) is 0 Å². The SMILES string of the molecule is CCCCC/C=C\CC1OC1CCCCCCCC(=O)N[C@@H](COP(=O)([O-])OCC[N+](C)(C)C)[C@H](O)/C=C/CCCCCCCCCCCCCC. The van der Waals surface area contributed by atoms with Gasteiger partial charge in [0.05, 0.1) is 52.1 Å². The van der Waals surface area contributed by atoms with Crippen molar-refractivity contribution in [3.8, 4) is 0 Å². The monoisotopic (exact) mass is 757 g/mol. The van der Waals surface area contributed by atoms with Crippen molar-refractivity contribution in [1.29, 1.82) is 0 Å². The highest BCUT2D eigenvalue weighted by Crippen LogP contribution is 2.38. The Morgan fingerprint density at radius 3 is 1.94 bits per heavy atom. The number of ether oxygens (including phenoxy) is 1. The summed E-state index contributed by atoms with van der Waals surface area (Å²) in [7, 11) is 1.24. The number of carbonyl (C=O) groups is 1. The molecule has 1 saturated heterocycles. The lowest BCUT2D eigenvalue weighted by molar-refractivity contribution is -0.870. The zero-order chi connectivity index (χ0) is 38.3. The molecule has 52 heavy (non-hydrogen) atoms. The smallest absolute Gasteiger partial charge is 0.268 e. The number of quaternary nitrogens is 1. The number of phosphoric acid groups is 1. The number of carbonyl (C=O) groups excluding carboxylic acids is 1. The first-order valence-electron chi connectivity index (χ1n) is 21.3. The summed E-state index contributed by atoms with van der Waals surface area (Å²) in [4.78, 5) is 25.3. The molecule has 1 aliphatic rings. The summed E-state index contributed by atoms with van der Waals surface area (Å²) in [6.45, 7) is 4.58. The van der Waals surface area contributed by atoms with Crippen molar-refractivity contribution in [3.63, 3.8) is 0 Å². The average Bonchev–Trinajstić information content (AvgIpc) is 3.84. The van der Waals surface area contributed by atoms with Crippen LogP contribution in [0.2, 0.25) is 0 Å². The van der Waals surface area contributed by atoms with Gasteiger partial charge in [0, 0.05) is 6.42 Å². The Balaban J connectivity index is 2.35. The van der Waals surface area contributed by atoms with Crippen molar-refractivity contribution < 1.29 is 37.6 Å². The second kappa shape index (κ2) is 31.2. The molecule has 5 atom stereocenters. The predicted molar refractivity (Wildman–Crippen MR) is 214 cm³/mol. The maximum atomic E-state index is 12.8. The van der Waals surface area contributed by atoms with Crippen LogP contribution in [0.3, 0.4) is 0 Å². The quantitative estimate of drug-likeness (QED) is 0.0213. The van der Waals surface area contributed by atoms with Crippen molar-refractivity contribution >= 4 is 13.7 Å². The lowest BCUT2D eigenvalue weighted by atomic mass is 10.0. The summed E-state index contributed by atoms with van der Waals surface area (Å²) in [5, 5.41) is 13.8. The number of nitrogens with zero attached hydrogens (tertiary/aromatic N) is 1. The molecule has 1 fully saturated rings. The summed E-state index contributed by atoms with van der Waals surface area (Å²) >= 11 is 0. The fourth-order valence-corrected chi connectivity index (χ4v) is 7.00. The van der Waals surface area contributed by atoms with Gasteiger partial charge in [0.15, 0.2) is 0 Å². The van der Waals surface area contributed by atoms with Crippen LogP contribution in [0.5, 0.6) is 0 Å². The number of hydrogen-bond acceptors (Lipinski definition) is 7. The number of unbranched alkanes of at least 4 members (excludes halogenated alkanes) is 19. The van der Waals surface area contributed by atoms with Gasteiger partial charge in [-0.3, -0.25) is 9.36 Å². The minimum Gasteiger partial charge on any atom is -0.756 e. The highest BCUT2D eigenvalue weighted by molar-refractivity contribution is 7.45. The maximum absolute atomic E-state index is 12.8. The third-order valence-corrected chi connectivity index (χ3v) is 10.8. The number of phosphoric ester groups is 1. The summed E-state index contributed by atoms with van der Waals surface area (Å²) < 4.78 is 29.0. The molecule has 0 aliphatic carbocycles. The fourth-order valence-electron chi connectivity index (χ4n) is 6.28. The first-order valence-corrected chi connectivity index (χ1v) is 22.8. The lowest BCUT2D eigenvalue weighted by Gasteiger charge is -2.29. The van der Waals surface area contributed by atoms with Gasteiger partial charge < -0.3 is 33.6 Å². The normalized spacial score (nSPS) is 18.6. The largest absolute Gasteiger partial charge is 0.756 e. The Bertz CT molecular complexity index is 970. The molecule has 2 N–H and O–H groups in total. The molecule has 0 saturated carbocycles. The number of aliphatic hydroxyl groups is 1. The van der Waals surface area contributed by atoms with Crippen LogP contribution < -0.4 is 10.2 Å². The second-order valence-electron chi connectivity index (χ2n) is 16.1. The minimum absolute atomic E-state index is 0.00634. The molecule has 0 radical (unpaired) electrons. The van der Waals surface area contributed by atoms with E-state index in [4.69, 9.17) is 13.8 Å². The molecule has 0 bridgehead atoms. The number of aliphatic hydroxyl groups excluding tert-OH is 1. The molecule has 3 unspecified atom stereocenters. The van der Waals surface area contributed by atoms with E-state index in [9.17, 15) is 19.4 Å². The van der Waals surface area contributed by atoms with E-state index >= 15 is 0 Å². The zero-order valence-electron chi connectivity index (χ0n) is 34.2. The van der Waals surface area contributed by atoms with Gasteiger partial charge in [-0.2, -0.15) is 0 Å². The van der Waals surface area contributed by atoms with Crippen molar-refractivity contribution in [2.24, 2.45) is 0 Å². The van der Waals surface area contributed by atoms with Gasteiger partial charge >= 0.3 is 0 Å². The van der Waals surface area contributed by atoms with Gasteiger partial charge in [0.2, 0.25) is 5.91 Å². The summed E-state index contributed by atoms with van der Waals surface area (Å²) in [5.41, 5.74) is 0. The van der Waals surface area contributed by atoms with Crippen molar-refractivity contribution in [2.75, 3.05) is 40.9 Å². The highest BCUT2D eigenvalue weighted by Gasteiger charge is 2.36. The van der Waals surface area contributed by atoms with Crippen LogP contribution >= 0.6 is 7.82 Å². The van der Waals surface area contributed by atoms with Gasteiger partial charge in [0.25, 0.3) is 7.82 Å². The van der Waals surface area contributed by atoms with Gasteiger partial charge in [-0.15, -0.1) is 0 Å². The van der Waals surface area contributed by atoms with Crippen molar-refractivity contribution in [1.82, 2.24) is 5.32 Å². The molecule has 0 aromatic rings. The van der Waals surface area contributed by atoms with Crippen LogP contribution in [0.4, 0.5) is 0 Å². The van der Waals surface area contributed by atoms with Crippen LogP contribution in [-0.4, -0.2) is 80.8 Å². The Kier molecular flexibility index (Phi) is 29.4. The molecule has 1 amide bonds. The highest BCUT2D eigenvalue weighted by atomic mass is 31.2. The van der Waals surface area contributed by atoms with E-state index in [2.05, 4.69) is 31.3 Å². The molecule has 10 heteroatoms. The van der Waals surface area contributed by atoms with E-state index < -0.39 is 20.0 Å². The predicted octanol–water partition coefficient (Wildman–Crippen LogP) is 9.71. The summed E-state index contributed by atoms with van der Waals surface area (Å²) in [6.07, 6.45) is 36.6. The standard InChI is InChI=1S/C42H81N2O7P/c1-6-8-10-12-14-15-16-17-18-19-20-21-23-27-31-39(45)38(37-50-52(47,48)49-36-35-44(3,4)5)43-42(46)34-30-26-22-25-29-33-41-40(51-41)32-28-24-13-11-9-7-2/h24,27-28,31,38-41,45H,6-23,25-26,29-30,32-37H2,1-5H3,(H-,43,46,47,48)/b28-24-,31-27+/t38-,39+,40?,41?/m0/s1. The lowest BCUT2D eigenvalue weighted by Crippen LogP contribution is -2.45. The van der Waals surface area contributed by atoms with E-state index in [1.165, 1.54) is 89.9 Å². The number of nitrogens with one attached hydrogen (secondary N) is 1. The van der Waals surface area contributed by atoms with Gasteiger partial charge in [0.1, 0.15) is 13.2 Å². The molecule has 306 valence electrons. The number of allylic oxidation sites excluding steroid dienone is 2. The van der Waals surface area contributed by atoms with Gasteiger partial charge in [-0.1, -0.05) is 147 Å². The molecular weight excluding hydrogens is 675 g/mol. The first kappa shape index (κ1) is 49.0. The number of rotatable bonds is 37. The van der Waals surface area contributed by atoms with Crippen LogP contribution in [0.1, 0.15) is 174 Å². The van der Waals surface area contributed by atoms with E-state index in [1.54, 1.807) is 6.08 Å². The second-order valence-corrected chi connectivity index (χ2v) is 17.5. The molecule has 0 aromatic heterocycles. The Morgan fingerprint density at radius 1 is 0.769 bits per heavy atom. The average molecular weight is 757 g/mol. The van der Waals surface area contributed by atoms with E-state index in [0.717, 1.165) is 64.2 Å². The van der Waals surface area contributed by atoms with E-state index in [-0.39, 0.29) is 19.1 Å². The molecule has 1 heterocycles. The summed E-state index contributed by atoms with van der Waals surface area (Å²) in [5.74, 6) is -0.217. The minimum atomic E-state index is -4.59. The van der Waals surface area contributed by atoms with Crippen LogP contribution in [0.15, 0.2) is 24.3 Å². The Hall–Kier alpha value is -1.06. The number of amides is 1. The molecular formula is C42H81N2O7P. The fraction of sp³-hybridized carbons (Fsp3) is 0.881. The maximum Gasteiger partial charge on any atom is 0.268 e. The number of epoxide rings is 1. The molecule has 1 rings (SSSR count). The Morgan fingerprint density at radius 2 is 1.31 bits per heavy atom. The third kappa shape index (κ3) is 30.3. The van der Waals surface area contributed by atoms with Crippen molar-refractivity contribution in [2.45, 2.75) is 199 Å². The van der Waals surface area contributed by atoms with Gasteiger partial charge in [-0.05, 0) is 44.9 Å². The summed E-state index contributed by atoms with van der Waals surface area (Å²) in [6, 6.07) is -0.896. The van der Waals surface area contributed by atoms with Crippen LogP contribution in [-0.2, 0) is 23.1 Å². The van der Waals surface area contributed by atoms with E-state index in [1.807, 2.05) is 27.2 Å². The zero-order valence-corrected chi connectivity index (χ0v) is 35.1. The number of likely N-dealkylation sites (N-methyl/N-ethyl adjacent to an activating group) is 1. The first-order chi connectivity index (χ1) is 25.0. The topological polar surface area (TPSA) is 120 Å². The molecule has 1 aliphatic heterocycles. The van der Waals surface area contributed by atoms with Crippen molar-refractivity contribution in [3.05, 3.63) is 24.3 Å². The molecule has 0 aromatic carbocycles. The molecule has 9 nitrogen and oxygen atoms in total.